The minimum absolute atomic E-state index is 0.0788. The SMILES string of the molecule is O=C(S)CNC(=O)c1ccc(Cl)cc1. The van der Waals surface area contributed by atoms with Gasteiger partial charge in [-0.05, 0) is 24.3 Å². The van der Waals surface area contributed by atoms with Crippen molar-refractivity contribution in [2.45, 2.75) is 0 Å². The highest BCUT2D eigenvalue weighted by Gasteiger charge is 2.05. The third kappa shape index (κ3) is 3.40. The van der Waals surface area contributed by atoms with Crippen LogP contribution in [0, 0.1) is 0 Å². The van der Waals surface area contributed by atoms with E-state index in [1.165, 1.54) is 0 Å². The molecule has 1 N–H and O–H groups in total. The van der Waals surface area contributed by atoms with Crippen LogP contribution in [0.5, 0.6) is 0 Å². The fourth-order valence-electron chi connectivity index (χ4n) is 0.859. The number of carbonyl (C=O) groups is 2. The van der Waals surface area contributed by atoms with Crippen molar-refractivity contribution in [3.63, 3.8) is 0 Å². The van der Waals surface area contributed by atoms with Crippen molar-refractivity contribution in [3.8, 4) is 0 Å². The van der Waals surface area contributed by atoms with E-state index >= 15 is 0 Å². The topological polar surface area (TPSA) is 46.2 Å². The van der Waals surface area contributed by atoms with E-state index < -0.39 is 0 Å². The minimum Gasteiger partial charge on any atom is -0.344 e. The Hall–Kier alpha value is -1.00. The lowest BCUT2D eigenvalue weighted by Crippen LogP contribution is -2.27. The van der Waals surface area contributed by atoms with E-state index in [4.69, 9.17) is 11.6 Å². The third-order valence-corrected chi connectivity index (χ3v) is 1.92. The van der Waals surface area contributed by atoms with Gasteiger partial charge in [0.05, 0.1) is 6.54 Å². The van der Waals surface area contributed by atoms with Crippen LogP contribution in [0.2, 0.25) is 5.02 Å². The van der Waals surface area contributed by atoms with E-state index in [2.05, 4.69) is 17.9 Å². The second-order valence-electron chi connectivity index (χ2n) is 2.58. The van der Waals surface area contributed by atoms with E-state index in [-0.39, 0.29) is 17.6 Å². The molecular weight excluding hydrogens is 222 g/mol. The Morgan fingerprint density at radius 2 is 1.86 bits per heavy atom. The Bertz CT molecular complexity index is 350. The van der Waals surface area contributed by atoms with Gasteiger partial charge in [-0.15, -0.1) is 12.6 Å². The number of rotatable bonds is 3. The highest BCUT2D eigenvalue weighted by Crippen LogP contribution is 2.09. The summed E-state index contributed by atoms with van der Waals surface area (Å²) in [6.45, 7) is -0.0788. The second kappa shape index (κ2) is 5.02. The van der Waals surface area contributed by atoms with Crippen LogP contribution in [-0.2, 0) is 4.79 Å². The van der Waals surface area contributed by atoms with Crippen molar-refractivity contribution >= 4 is 35.3 Å². The predicted molar refractivity (Wildman–Crippen MR) is 57.8 cm³/mol. The summed E-state index contributed by atoms with van der Waals surface area (Å²) in [6, 6.07) is 6.39. The Morgan fingerprint density at radius 1 is 1.29 bits per heavy atom. The molecule has 0 atom stereocenters. The summed E-state index contributed by atoms with van der Waals surface area (Å²) in [7, 11) is 0. The molecule has 0 aromatic heterocycles. The van der Waals surface area contributed by atoms with Gasteiger partial charge in [0.2, 0.25) is 5.12 Å². The highest BCUT2D eigenvalue weighted by atomic mass is 35.5. The smallest absolute Gasteiger partial charge is 0.251 e. The molecular formula is C9H8ClNO2S. The fourth-order valence-corrected chi connectivity index (χ4v) is 1.06. The lowest BCUT2D eigenvalue weighted by Gasteiger charge is -2.01. The fraction of sp³-hybridized carbons (Fsp3) is 0.111. The van der Waals surface area contributed by atoms with Gasteiger partial charge in [-0.3, -0.25) is 9.59 Å². The Labute approximate surface area is 91.9 Å². The highest BCUT2D eigenvalue weighted by molar-refractivity contribution is 7.96. The van der Waals surface area contributed by atoms with Crippen molar-refractivity contribution in [1.29, 1.82) is 0 Å². The average Bonchev–Trinajstić information content (AvgIpc) is 2.15. The zero-order valence-corrected chi connectivity index (χ0v) is 8.81. The molecule has 0 aliphatic carbocycles. The number of benzene rings is 1. The Kier molecular flexibility index (Phi) is 3.98. The quantitative estimate of drug-likeness (QED) is 0.773. The van der Waals surface area contributed by atoms with Crippen LogP contribution in [0.3, 0.4) is 0 Å². The van der Waals surface area contributed by atoms with E-state index in [1.807, 2.05) is 0 Å². The molecule has 1 aromatic rings. The molecule has 5 heteroatoms. The van der Waals surface area contributed by atoms with Crippen LogP contribution in [0.1, 0.15) is 10.4 Å². The summed E-state index contributed by atoms with van der Waals surface area (Å²) in [5.74, 6) is -0.316. The predicted octanol–water partition coefficient (Wildman–Crippen LogP) is 1.53. The molecule has 0 aliphatic heterocycles. The standard InChI is InChI=1S/C9H8ClNO2S/c10-7-3-1-6(2-4-7)9(13)11-5-8(12)14/h1-4H,5H2,(H,11,13)(H,12,14). The van der Waals surface area contributed by atoms with Gasteiger partial charge in [0.25, 0.3) is 5.91 Å². The Morgan fingerprint density at radius 3 is 2.36 bits per heavy atom. The van der Waals surface area contributed by atoms with Crippen LogP contribution < -0.4 is 5.32 Å². The maximum absolute atomic E-state index is 11.3. The van der Waals surface area contributed by atoms with E-state index in [0.717, 1.165) is 0 Å². The van der Waals surface area contributed by atoms with Gasteiger partial charge in [-0.25, -0.2) is 0 Å². The molecule has 0 unspecified atom stereocenters. The van der Waals surface area contributed by atoms with Crippen molar-refractivity contribution < 1.29 is 9.59 Å². The molecule has 1 amide bonds. The number of nitrogens with one attached hydrogen (secondary N) is 1. The molecule has 0 saturated carbocycles. The molecule has 1 rings (SSSR count). The van der Waals surface area contributed by atoms with Crippen LogP contribution in [0.25, 0.3) is 0 Å². The molecule has 0 bridgehead atoms. The third-order valence-electron chi connectivity index (χ3n) is 1.51. The van der Waals surface area contributed by atoms with Gasteiger partial charge in [0.15, 0.2) is 0 Å². The molecule has 0 aliphatic rings. The molecule has 14 heavy (non-hydrogen) atoms. The van der Waals surface area contributed by atoms with E-state index in [9.17, 15) is 9.59 Å². The summed E-state index contributed by atoms with van der Waals surface area (Å²) < 4.78 is 0. The van der Waals surface area contributed by atoms with Gasteiger partial charge in [0.1, 0.15) is 0 Å². The zero-order chi connectivity index (χ0) is 10.6. The summed E-state index contributed by atoms with van der Waals surface area (Å²) in [5.41, 5.74) is 0.462. The molecule has 0 radical (unpaired) electrons. The van der Waals surface area contributed by atoms with E-state index in [0.29, 0.717) is 10.6 Å². The maximum Gasteiger partial charge on any atom is 0.251 e. The number of amides is 1. The van der Waals surface area contributed by atoms with Crippen LogP contribution in [0.15, 0.2) is 24.3 Å². The van der Waals surface area contributed by atoms with Crippen LogP contribution >= 0.6 is 24.2 Å². The van der Waals surface area contributed by atoms with Gasteiger partial charge >= 0.3 is 0 Å². The second-order valence-corrected chi connectivity index (χ2v) is 3.52. The molecule has 74 valence electrons. The van der Waals surface area contributed by atoms with Crippen molar-refractivity contribution in [3.05, 3.63) is 34.9 Å². The normalized spacial score (nSPS) is 9.57. The van der Waals surface area contributed by atoms with Gasteiger partial charge < -0.3 is 5.32 Å². The summed E-state index contributed by atoms with van der Waals surface area (Å²) in [6.07, 6.45) is 0. The number of thiol groups is 1. The average molecular weight is 230 g/mol. The first-order valence-corrected chi connectivity index (χ1v) is 4.67. The van der Waals surface area contributed by atoms with Crippen LogP contribution in [-0.4, -0.2) is 17.6 Å². The van der Waals surface area contributed by atoms with Gasteiger partial charge in [0, 0.05) is 10.6 Å². The molecule has 0 spiro atoms. The van der Waals surface area contributed by atoms with Crippen molar-refractivity contribution in [2.24, 2.45) is 0 Å². The number of halogens is 1. The largest absolute Gasteiger partial charge is 0.344 e. The monoisotopic (exact) mass is 229 g/mol. The number of hydrogen-bond donors (Lipinski definition) is 2. The lowest BCUT2D eigenvalue weighted by molar-refractivity contribution is -0.110. The lowest BCUT2D eigenvalue weighted by atomic mass is 10.2. The van der Waals surface area contributed by atoms with Crippen LogP contribution in [0.4, 0.5) is 0 Å². The molecule has 0 heterocycles. The Balaban J connectivity index is 2.61. The minimum atomic E-state index is -0.382. The van der Waals surface area contributed by atoms with Gasteiger partial charge in [-0.1, -0.05) is 11.6 Å². The molecule has 0 saturated heterocycles. The summed E-state index contributed by atoms with van der Waals surface area (Å²) >= 11 is 9.17. The number of carbonyl (C=O) groups excluding carboxylic acids is 2. The summed E-state index contributed by atoms with van der Waals surface area (Å²) in [4.78, 5) is 21.8. The first-order chi connectivity index (χ1) is 6.59. The first kappa shape index (κ1) is 11.1. The van der Waals surface area contributed by atoms with Gasteiger partial charge in [-0.2, -0.15) is 0 Å². The summed E-state index contributed by atoms with van der Waals surface area (Å²) in [5, 5.41) is 2.59. The van der Waals surface area contributed by atoms with Crippen molar-refractivity contribution in [2.75, 3.05) is 6.54 Å². The molecule has 3 nitrogen and oxygen atoms in total. The molecule has 0 fully saturated rings. The molecule has 1 aromatic carbocycles. The van der Waals surface area contributed by atoms with E-state index in [1.54, 1.807) is 24.3 Å². The first-order valence-electron chi connectivity index (χ1n) is 3.85. The maximum atomic E-state index is 11.3. The number of hydrogen-bond acceptors (Lipinski definition) is 2. The van der Waals surface area contributed by atoms with Crippen molar-refractivity contribution in [1.82, 2.24) is 5.32 Å². The zero-order valence-electron chi connectivity index (χ0n) is 7.16.